The van der Waals surface area contributed by atoms with Crippen LogP contribution in [0.2, 0.25) is 0 Å². The molecule has 0 atom stereocenters. The van der Waals surface area contributed by atoms with Gasteiger partial charge < -0.3 is 0 Å². The van der Waals surface area contributed by atoms with E-state index in [0.29, 0.717) is 11.5 Å². The Balaban J connectivity index is 1.80. The van der Waals surface area contributed by atoms with Gasteiger partial charge in [0.1, 0.15) is 5.69 Å². The van der Waals surface area contributed by atoms with Crippen molar-refractivity contribution in [1.82, 2.24) is 10.4 Å². The summed E-state index contributed by atoms with van der Waals surface area (Å²) in [5.74, 6) is 0.495. The Hall–Kier alpha value is -3.87. The second kappa shape index (κ2) is 8.29. The molecule has 26 heavy (non-hydrogen) atoms. The van der Waals surface area contributed by atoms with Crippen LogP contribution in [0.25, 0.3) is 0 Å². The van der Waals surface area contributed by atoms with E-state index in [1.54, 1.807) is 24.5 Å². The number of hydrogen-bond donors (Lipinski definition) is 1. The predicted octanol–water partition coefficient (Wildman–Crippen LogP) is 3.69. The maximum Gasteiger partial charge on any atom is 0.269 e. The van der Waals surface area contributed by atoms with Gasteiger partial charge in [0.25, 0.3) is 5.69 Å². The molecule has 1 N–H and O–H groups in total. The van der Waals surface area contributed by atoms with Gasteiger partial charge >= 0.3 is 0 Å². The first-order valence-corrected chi connectivity index (χ1v) is 7.81. The zero-order chi connectivity index (χ0) is 18.2. The predicted molar refractivity (Wildman–Crippen MR) is 101 cm³/mol. The van der Waals surface area contributed by atoms with Gasteiger partial charge in [-0.25, -0.2) is 4.99 Å². The minimum atomic E-state index is -0.440. The molecule has 1 heterocycles. The molecule has 0 amide bonds. The van der Waals surface area contributed by atoms with Crippen molar-refractivity contribution in [3.05, 3.63) is 100 Å². The first-order valence-electron chi connectivity index (χ1n) is 7.81. The fourth-order valence-electron chi connectivity index (χ4n) is 2.12. The highest BCUT2D eigenvalue weighted by atomic mass is 16.6. The van der Waals surface area contributed by atoms with Gasteiger partial charge in [0, 0.05) is 18.3 Å². The summed E-state index contributed by atoms with van der Waals surface area (Å²) < 4.78 is 0. The van der Waals surface area contributed by atoms with Gasteiger partial charge in [0.2, 0.25) is 0 Å². The first kappa shape index (κ1) is 17.0. The molecule has 7 nitrogen and oxygen atoms in total. The van der Waals surface area contributed by atoms with Crippen LogP contribution >= 0.6 is 0 Å². The van der Waals surface area contributed by atoms with Crippen molar-refractivity contribution < 1.29 is 4.92 Å². The number of pyridine rings is 1. The molecule has 0 aliphatic rings. The van der Waals surface area contributed by atoms with Crippen molar-refractivity contribution in [2.24, 2.45) is 10.1 Å². The summed E-state index contributed by atoms with van der Waals surface area (Å²) in [6, 6.07) is 21.1. The van der Waals surface area contributed by atoms with Crippen molar-refractivity contribution >= 4 is 23.4 Å². The van der Waals surface area contributed by atoms with E-state index in [1.807, 2.05) is 48.5 Å². The Morgan fingerprint density at radius 1 is 1.00 bits per heavy atom. The molecule has 1 aromatic heterocycles. The maximum atomic E-state index is 10.7. The number of hydrogen-bond acceptors (Lipinski definition) is 5. The topological polar surface area (TPSA) is 92.8 Å². The van der Waals surface area contributed by atoms with Gasteiger partial charge in [-0.05, 0) is 42.0 Å². The smallest absolute Gasteiger partial charge is 0.260 e. The summed E-state index contributed by atoms with van der Waals surface area (Å²) in [6.07, 6.45) is 3.24. The number of benzene rings is 2. The van der Waals surface area contributed by atoms with Crippen LogP contribution in [0.5, 0.6) is 0 Å². The van der Waals surface area contributed by atoms with E-state index in [9.17, 15) is 10.1 Å². The van der Waals surface area contributed by atoms with Crippen molar-refractivity contribution in [3.8, 4) is 0 Å². The lowest BCUT2D eigenvalue weighted by atomic mass is 10.2. The number of hydrazone groups is 1. The van der Waals surface area contributed by atoms with E-state index in [-0.39, 0.29) is 5.69 Å². The molecule has 0 saturated carbocycles. The molecule has 3 rings (SSSR count). The number of nitrogens with one attached hydrogen (secondary N) is 1. The van der Waals surface area contributed by atoms with Crippen molar-refractivity contribution in [2.45, 2.75) is 0 Å². The fourth-order valence-corrected chi connectivity index (χ4v) is 2.12. The van der Waals surface area contributed by atoms with Gasteiger partial charge in [-0.3, -0.25) is 20.5 Å². The highest BCUT2D eigenvalue weighted by molar-refractivity contribution is 5.99. The van der Waals surface area contributed by atoms with E-state index < -0.39 is 4.92 Å². The molecule has 7 heteroatoms. The van der Waals surface area contributed by atoms with Crippen LogP contribution in [-0.2, 0) is 0 Å². The highest BCUT2D eigenvalue weighted by Gasteiger charge is 2.05. The fraction of sp³-hybridized carbons (Fsp3) is 0. The number of nitro groups is 1. The first-order chi connectivity index (χ1) is 12.7. The minimum Gasteiger partial charge on any atom is -0.260 e. The summed E-state index contributed by atoms with van der Waals surface area (Å²) in [6.45, 7) is 0. The Bertz CT molecular complexity index is 923. The molecular formula is C19H15N5O2. The van der Waals surface area contributed by atoms with Gasteiger partial charge in [-0.1, -0.05) is 24.3 Å². The van der Waals surface area contributed by atoms with Crippen LogP contribution in [0, 0.1) is 10.1 Å². The molecule has 0 fully saturated rings. The van der Waals surface area contributed by atoms with E-state index in [2.05, 4.69) is 20.5 Å². The van der Waals surface area contributed by atoms with E-state index in [0.717, 1.165) is 11.3 Å². The largest absolute Gasteiger partial charge is 0.269 e. The molecule has 128 valence electrons. The monoisotopic (exact) mass is 345 g/mol. The van der Waals surface area contributed by atoms with Gasteiger partial charge in [-0.15, -0.1) is 0 Å². The molecule has 0 aliphatic heterocycles. The normalized spacial score (nSPS) is 11.5. The Morgan fingerprint density at radius 2 is 1.73 bits per heavy atom. The number of nitro benzene ring substituents is 1. The molecule has 0 spiro atoms. The third-order valence-corrected chi connectivity index (χ3v) is 3.39. The Kier molecular flexibility index (Phi) is 5.41. The third kappa shape index (κ3) is 4.57. The van der Waals surface area contributed by atoms with Crippen molar-refractivity contribution in [1.29, 1.82) is 0 Å². The number of aliphatic imine (C=N–C) groups is 1. The number of aromatic nitrogens is 1. The van der Waals surface area contributed by atoms with Crippen LogP contribution in [0.3, 0.4) is 0 Å². The molecule has 3 aromatic rings. The molecule has 0 aliphatic carbocycles. The van der Waals surface area contributed by atoms with Crippen molar-refractivity contribution in [3.63, 3.8) is 0 Å². The second-order valence-electron chi connectivity index (χ2n) is 5.23. The summed E-state index contributed by atoms with van der Waals surface area (Å²) in [5, 5.41) is 14.9. The Morgan fingerprint density at radius 3 is 2.38 bits per heavy atom. The minimum absolute atomic E-state index is 0.0370. The summed E-state index contributed by atoms with van der Waals surface area (Å²) in [5.41, 5.74) is 5.08. The quantitative estimate of drug-likeness (QED) is 0.330. The van der Waals surface area contributed by atoms with Gasteiger partial charge in [-0.2, -0.15) is 5.10 Å². The standard InChI is InChI=1S/C19H15N5O2/c25-24(26)17-11-9-15(10-12-17)14-21-23-19(18-8-4-5-13-20-18)22-16-6-2-1-3-7-16/h1-14H,(H,22,23)/b21-14-. The van der Waals surface area contributed by atoms with Crippen molar-refractivity contribution in [2.75, 3.05) is 0 Å². The second-order valence-corrected chi connectivity index (χ2v) is 5.23. The summed E-state index contributed by atoms with van der Waals surface area (Å²) in [7, 11) is 0. The van der Waals surface area contributed by atoms with Crippen LogP contribution in [-0.4, -0.2) is 22.0 Å². The number of para-hydroxylation sites is 1. The van der Waals surface area contributed by atoms with E-state index in [1.165, 1.54) is 12.1 Å². The number of non-ortho nitro benzene ring substituents is 1. The Labute approximate surface area is 149 Å². The summed E-state index contributed by atoms with van der Waals surface area (Å²) >= 11 is 0. The SMILES string of the molecule is O=[N+]([O-])c1ccc(/C=N\NC(=Nc2ccccc2)c2ccccn2)cc1. The summed E-state index contributed by atoms with van der Waals surface area (Å²) in [4.78, 5) is 19.1. The molecule has 0 saturated heterocycles. The van der Waals surface area contributed by atoms with Crippen LogP contribution in [0.4, 0.5) is 11.4 Å². The van der Waals surface area contributed by atoms with Crippen LogP contribution < -0.4 is 5.43 Å². The molecule has 2 aromatic carbocycles. The molecular weight excluding hydrogens is 330 g/mol. The third-order valence-electron chi connectivity index (χ3n) is 3.39. The van der Waals surface area contributed by atoms with E-state index in [4.69, 9.17) is 0 Å². The zero-order valence-corrected chi connectivity index (χ0v) is 13.7. The maximum absolute atomic E-state index is 10.7. The molecule has 0 bridgehead atoms. The molecule has 0 radical (unpaired) electrons. The number of nitrogens with zero attached hydrogens (tertiary/aromatic N) is 4. The number of amidine groups is 1. The average molecular weight is 345 g/mol. The lowest BCUT2D eigenvalue weighted by molar-refractivity contribution is -0.384. The van der Waals surface area contributed by atoms with Gasteiger partial charge in [0.15, 0.2) is 5.84 Å². The van der Waals surface area contributed by atoms with Crippen LogP contribution in [0.1, 0.15) is 11.3 Å². The average Bonchev–Trinajstić information content (AvgIpc) is 2.69. The van der Waals surface area contributed by atoms with E-state index >= 15 is 0 Å². The van der Waals surface area contributed by atoms with Gasteiger partial charge in [0.05, 0.1) is 16.8 Å². The number of rotatable bonds is 5. The zero-order valence-electron chi connectivity index (χ0n) is 13.7. The lowest BCUT2D eigenvalue weighted by Gasteiger charge is -2.05. The molecule has 0 unspecified atom stereocenters. The van der Waals surface area contributed by atoms with Crippen LogP contribution in [0.15, 0.2) is 89.1 Å². The highest BCUT2D eigenvalue weighted by Crippen LogP contribution is 2.12. The lowest BCUT2D eigenvalue weighted by Crippen LogP contribution is -2.20.